The lowest BCUT2D eigenvalue weighted by atomic mass is 9.80. The third-order valence-corrected chi connectivity index (χ3v) is 3.15. The molecule has 0 atom stereocenters. The lowest BCUT2D eigenvalue weighted by molar-refractivity contribution is -0.118. The zero-order valence-corrected chi connectivity index (χ0v) is 11.2. The van der Waals surface area contributed by atoms with Crippen LogP contribution < -0.4 is 5.63 Å². The van der Waals surface area contributed by atoms with E-state index in [2.05, 4.69) is 0 Å². The molecule has 0 fully saturated rings. The van der Waals surface area contributed by atoms with E-state index in [1.54, 1.807) is 38.1 Å². The molecule has 0 radical (unpaired) electrons. The summed E-state index contributed by atoms with van der Waals surface area (Å²) >= 11 is 0. The van der Waals surface area contributed by atoms with Crippen LogP contribution in [0.1, 0.15) is 32.8 Å². The van der Waals surface area contributed by atoms with Crippen LogP contribution in [-0.2, 0) is 10.2 Å². The molecule has 4 heteroatoms. The molecule has 100 valence electrons. The second-order valence-corrected chi connectivity index (χ2v) is 5.37. The molecule has 0 amide bonds. The van der Waals surface area contributed by atoms with Crippen LogP contribution in [0.25, 0.3) is 11.0 Å². The third-order valence-electron chi connectivity index (χ3n) is 3.15. The van der Waals surface area contributed by atoms with Crippen LogP contribution in [0.4, 0.5) is 0 Å². The van der Waals surface area contributed by atoms with Gasteiger partial charge in [0.05, 0.1) is 10.9 Å². The summed E-state index contributed by atoms with van der Waals surface area (Å²) in [4.78, 5) is 23.3. The SMILES string of the molecule is CC(=O)CC(C)(C)c1c(O)c2ccccc2oc1=O. The Hall–Kier alpha value is -2.10. The van der Waals surface area contributed by atoms with Gasteiger partial charge in [0.15, 0.2) is 0 Å². The predicted molar refractivity (Wildman–Crippen MR) is 72.5 cm³/mol. The van der Waals surface area contributed by atoms with E-state index in [1.165, 1.54) is 6.92 Å². The van der Waals surface area contributed by atoms with E-state index < -0.39 is 11.0 Å². The summed E-state index contributed by atoms with van der Waals surface area (Å²) in [7, 11) is 0. The minimum atomic E-state index is -0.763. The number of ketones is 1. The molecule has 0 aliphatic rings. The van der Waals surface area contributed by atoms with Gasteiger partial charge in [-0.05, 0) is 19.1 Å². The van der Waals surface area contributed by atoms with Gasteiger partial charge in [0, 0.05) is 11.8 Å². The molecule has 2 aromatic rings. The van der Waals surface area contributed by atoms with Crippen molar-refractivity contribution in [2.45, 2.75) is 32.6 Å². The largest absolute Gasteiger partial charge is 0.507 e. The standard InChI is InChI=1S/C15H16O4/c1-9(16)8-15(2,3)12-13(17)10-6-4-5-7-11(10)19-14(12)18/h4-7,17H,8H2,1-3H3. The van der Waals surface area contributed by atoms with Gasteiger partial charge in [-0.15, -0.1) is 0 Å². The van der Waals surface area contributed by atoms with E-state index in [4.69, 9.17) is 4.42 Å². The number of hydrogen-bond donors (Lipinski definition) is 1. The fourth-order valence-corrected chi connectivity index (χ4v) is 2.44. The number of aromatic hydroxyl groups is 1. The fraction of sp³-hybridized carbons (Fsp3) is 0.333. The first-order valence-corrected chi connectivity index (χ1v) is 6.07. The van der Waals surface area contributed by atoms with Crippen LogP contribution in [0.15, 0.2) is 33.5 Å². The molecule has 0 bridgehead atoms. The normalized spacial score (nSPS) is 11.7. The summed E-state index contributed by atoms with van der Waals surface area (Å²) in [5.41, 5.74) is -0.864. The van der Waals surface area contributed by atoms with Gasteiger partial charge in [-0.3, -0.25) is 4.79 Å². The maximum atomic E-state index is 12.0. The van der Waals surface area contributed by atoms with Crippen molar-refractivity contribution in [2.24, 2.45) is 0 Å². The molecule has 0 aliphatic heterocycles. The van der Waals surface area contributed by atoms with E-state index in [-0.39, 0.29) is 23.5 Å². The Morgan fingerprint density at radius 3 is 2.58 bits per heavy atom. The number of fused-ring (bicyclic) bond motifs is 1. The van der Waals surface area contributed by atoms with Crippen LogP contribution in [0.5, 0.6) is 5.75 Å². The van der Waals surface area contributed by atoms with E-state index in [0.717, 1.165) is 0 Å². The molecule has 1 aromatic heterocycles. The molecular weight excluding hydrogens is 244 g/mol. The highest BCUT2D eigenvalue weighted by Gasteiger charge is 2.31. The Labute approximate surface area is 110 Å². The van der Waals surface area contributed by atoms with Gasteiger partial charge in [-0.1, -0.05) is 26.0 Å². The van der Waals surface area contributed by atoms with Gasteiger partial charge in [0.2, 0.25) is 0 Å². The third kappa shape index (κ3) is 2.38. The summed E-state index contributed by atoms with van der Waals surface area (Å²) in [6, 6.07) is 6.79. The van der Waals surface area contributed by atoms with Crippen molar-refractivity contribution < 1.29 is 14.3 Å². The van der Waals surface area contributed by atoms with Crippen molar-refractivity contribution in [1.82, 2.24) is 0 Å². The van der Waals surface area contributed by atoms with Crippen LogP contribution in [0, 0.1) is 0 Å². The average molecular weight is 260 g/mol. The Bertz CT molecular complexity index is 695. The first-order chi connectivity index (χ1) is 8.83. The summed E-state index contributed by atoms with van der Waals surface area (Å²) in [6.45, 7) is 4.95. The number of para-hydroxylation sites is 1. The van der Waals surface area contributed by atoms with Crippen molar-refractivity contribution in [2.75, 3.05) is 0 Å². The maximum Gasteiger partial charge on any atom is 0.343 e. The van der Waals surface area contributed by atoms with Crippen molar-refractivity contribution in [3.05, 3.63) is 40.2 Å². The number of rotatable bonds is 3. The second-order valence-electron chi connectivity index (χ2n) is 5.37. The first kappa shape index (κ1) is 13.3. The van der Waals surface area contributed by atoms with Crippen LogP contribution >= 0.6 is 0 Å². The summed E-state index contributed by atoms with van der Waals surface area (Å²) in [6.07, 6.45) is 0.170. The molecule has 19 heavy (non-hydrogen) atoms. The molecule has 1 N–H and O–H groups in total. The lowest BCUT2D eigenvalue weighted by Crippen LogP contribution is -2.27. The highest BCUT2D eigenvalue weighted by Crippen LogP contribution is 2.35. The van der Waals surface area contributed by atoms with Gasteiger partial charge in [0.25, 0.3) is 0 Å². The molecule has 0 saturated heterocycles. The Balaban J connectivity index is 2.74. The van der Waals surface area contributed by atoms with Gasteiger partial charge < -0.3 is 9.52 Å². The number of carbonyl (C=O) groups excluding carboxylic acids is 1. The van der Waals surface area contributed by atoms with E-state index in [1.807, 2.05) is 0 Å². The minimum absolute atomic E-state index is 0.0445. The van der Waals surface area contributed by atoms with Gasteiger partial charge >= 0.3 is 5.63 Å². The molecule has 0 unspecified atom stereocenters. The molecule has 1 heterocycles. The molecule has 4 nitrogen and oxygen atoms in total. The van der Waals surface area contributed by atoms with Crippen molar-refractivity contribution >= 4 is 16.8 Å². The topological polar surface area (TPSA) is 67.5 Å². The number of Topliss-reactive ketones (excluding diaryl/α,β-unsaturated/α-hetero) is 1. The highest BCUT2D eigenvalue weighted by atomic mass is 16.4. The lowest BCUT2D eigenvalue weighted by Gasteiger charge is -2.23. The summed E-state index contributed by atoms with van der Waals surface area (Å²) in [5, 5.41) is 10.8. The van der Waals surface area contributed by atoms with E-state index >= 15 is 0 Å². The second kappa shape index (κ2) is 4.53. The predicted octanol–water partition coefficient (Wildman–Crippen LogP) is 2.76. The molecule has 2 rings (SSSR count). The van der Waals surface area contributed by atoms with Gasteiger partial charge in [0.1, 0.15) is 17.1 Å². The van der Waals surface area contributed by atoms with Crippen LogP contribution in [-0.4, -0.2) is 10.9 Å². The number of benzene rings is 1. The maximum absolute atomic E-state index is 12.0. The van der Waals surface area contributed by atoms with Crippen molar-refractivity contribution in [3.8, 4) is 5.75 Å². The molecular formula is C15H16O4. The summed E-state index contributed by atoms with van der Waals surface area (Å²) in [5.74, 6) is -0.143. The Kier molecular flexibility index (Phi) is 3.18. The zero-order chi connectivity index (χ0) is 14.2. The van der Waals surface area contributed by atoms with Crippen LogP contribution in [0.2, 0.25) is 0 Å². The smallest absolute Gasteiger partial charge is 0.343 e. The van der Waals surface area contributed by atoms with Gasteiger partial charge in [-0.2, -0.15) is 0 Å². The molecule has 0 spiro atoms. The summed E-state index contributed by atoms with van der Waals surface area (Å²) < 4.78 is 5.21. The van der Waals surface area contributed by atoms with Gasteiger partial charge in [-0.25, -0.2) is 4.79 Å². The average Bonchev–Trinajstić information content (AvgIpc) is 2.26. The number of hydrogen-bond acceptors (Lipinski definition) is 4. The zero-order valence-electron chi connectivity index (χ0n) is 11.2. The molecule has 1 aromatic carbocycles. The Morgan fingerprint density at radius 2 is 1.95 bits per heavy atom. The number of carbonyl (C=O) groups is 1. The van der Waals surface area contributed by atoms with Crippen molar-refractivity contribution in [1.29, 1.82) is 0 Å². The van der Waals surface area contributed by atoms with Crippen LogP contribution in [0.3, 0.4) is 0 Å². The first-order valence-electron chi connectivity index (χ1n) is 6.07. The van der Waals surface area contributed by atoms with E-state index in [9.17, 15) is 14.7 Å². The Morgan fingerprint density at radius 1 is 1.32 bits per heavy atom. The fourth-order valence-electron chi connectivity index (χ4n) is 2.44. The molecule has 0 aliphatic carbocycles. The quantitative estimate of drug-likeness (QED) is 0.862. The highest BCUT2D eigenvalue weighted by molar-refractivity contribution is 5.85. The minimum Gasteiger partial charge on any atom is -0.507 e. The van der Waals surface area contributed by atoms with E-state index in [0.29, 0.717) is 11.0 Å². The molecule has 0 saturated carbocycles. The monoisotopic (exact) mass is 260 g/mol. The van der Waals surface area contributed by atoms with Crippen molar-refractivity contribution in [3.63, 3.8) is 0 Å².